The van der Waals surface area contributed by atoms with Crippen LogP contribution in [-0.4, -0.2) is 37.0 Å². The fourth-order valence-corrected chi connectivity index (χ4v) is 3.67. The number of nitrogens with one attached hydrogen (secondary N) is 2. The van der Waals surface area contributed by atoms with Gasteiger partial charge in [-0.2, -0.15) is 0 Å². The monoisotopic (exact) mass is 337 g/mol. The van der Waals surface area contributed by atoms with Crippen molar-refractivity contribution in [3.8, 4) is 0 Å². The Morgan fingerprint density at radius 3 is 2.00 bits per heavy atom. The van der Waals surface area contributed by atoms with Crippen molar-refractivity contribution in [2.75, 3.05) is 14.1 Å². The van der Waals surface area contributed by atoms with Gasteiger partial charge in [-0.05, 0) is 29.8 Å². The van der Waals surface area contributed by atoms with Gasteiger partial charge in [0.15, 0.2) is 0 Å². The Morgan fingerprint density at radius 2 is 1.59 bits per heavy atom. The summed E-state index contributed by atoms with van der Waals surface area (Å²) in [5, 5.41) is 9.59. The lowest BCUT2D eigenvalue weighted by Gasteiger charge is -2.21. The zero-order chi connectivity index (χ0) is 16.1. The summed E-state index contributed by atoms with van der Waals surface area (Å²) in [5.74, 6) is -0.140. The summed E-state index contributed by atoms with van der Waals surface area (Å²) in [5.41, 5.74) is 0. The van der Waals surface area contributed by atoms with Gasteiger partial charge >= 0.3 is 6.03 Å². The van der Waals surface area contributed by atoms with Gasteiger partial charge in [0.05, 0.1) is 6.04 Å². The van der Waals surface area contributed by atoms with Crippen LogP contribution in [-0.2, 0) is 4.79 Å². The second kappa shape index (κ2) is 7.42. The largest absolute Gasteiger partial charge is 0.347 e. The van der Waals surface area contributed by atoms with Crippen LogP contribution in [0, 0.1) is 0 Å². The molecule has 7 heteroatoms. The third-order valence-electron chi connectivity index (χ3n) is 3.09. The smallest absolute Gasteiger partial charge is 0.316 e. The van der Waals surface area contributed by atoms with E-state index in [-0.39, 0.29) is 18.0 Å². The highest BCUT2D eigenvalue weighted by molar-refractivity contribution is 7.11. The van der Waals surface area contributed by atoms with Crippen LogP contribution in [0.5, 0.6) is 0 Å². The quantitative estimate of drug-likeness (QED) is 0.881. The van der Waals surface area contributed by atoms with E-state index in [9.17, 15) is 9.59 Å². The van der Waals surface area contributed by atoms with Crippen molar-refractivity contribution >= 4 is 34.6 Å². The lowest BCUT2D eigenvalue weighted by atomic mass is 10.2. The fraction of sp³-hybridized carbons (Fsp3) is 0.333. The van der Waals surface area contributed by atoms with Crippen LogP contribution in [0.15, 0.2) is 35.0 Å². The van der Waals surface area contributed by atoms with Crippen LogP contribution in [0.1, 0.15) is 22.7 Å². The molecule has 0 aliphatic heterocycles. The molecule has 2 N–H and O–H groups in total. The number of hydrogen-bond donors (Lipinski definition) is 2. The first-order valence-electron chi connectivity index (χ1n) is 6.84. The minimum Gasteiger partial charge on any atom is -0.347 e. The lowest BCUT2D eigenvalue weighted by Crippen LogP contribution is -2.48. The van der Waals surface area contributed by atoms with Crippen molar-refractivity contribution in [1.82, 2.24) is 15.5 Å². The second-order valence-electron chi connectivity index (χ2n) is 5.04. The Labute approximate surface area is 138 Å². The van der Waals surface area contributed by atoms with Crippen LogP contribution < -0.4 is 10.6 Å². The Kier molecular flexibility index (Phi) is 5.57. The average molecular weight is 337 g/mol. The van der Waals surface area contributed by atoms with Crippen LogP contribution in [0.25, 0.3) is 0 Å². The summed E-state index contributed by atoms with van der Waals surface area (Å²) >= 11 is 3.18. The van der Waals surface area contributed by atoms with E-state index in [1.807, 2.05) is 35.0 Å². The maximum absolute atomic E-state index is 12.2. The normalized spacial score (nSPS) is 12.0. The molecular weight excluding hydrogens is 318 g/mol. The minimum absolute atomic E-state index is 0.140. The van der Waals surface area contributed by atoms with Gasteiger partial charge in [-0.3, -0.25) is 4.79 Å². The van der Waals surface area contributed by atoms with E-state index in [4.69, 9.17) is 0 Å². The highest BCUT2D eigenvalue weighted by Gasteiger charge is 2.22. The van der Waals surface area contributed by atoms with Crippen LogP contribution >= 0.6 is 22.7 Å². The zero-order valence-corrected chi connectivity index (χ0v) is 14.3. The van der Waals surface area contributed by atoms with Crippen LogP contribution in [0.4, 0.5) is 4.79 Å². The molecule has 2 heterocycles. The standard InChI is InChI=1S/C15H19N3O2S2/c1-10(14(19)18(2)3)16-15(20)17-13(11-6-4-8-21-11)12-7-5-9-22-12/h4-10,13H,1-3H3,(H2,16,17,20). The number of likely N-dealkylation sites (N-methyl/N-ethyl adjacent to an activating group) is 1. The molecule has 2 rings (SSSR count). The minimum atomic E-state index is -0.567. The molecule has 0 aliphatic rings. The van der Waals surface area contributed by atoms with E-state index in [0.29, 0.717) is 0 Å². The molecule has 0 spiro atoms. The first-order valence-corrected chi connectivity index (χ1v) is 8.60. The first-order chi connectivity index (χ1) is 10.5. The number of urea groups is 1. The number of nitrogens with zero attached hydrogens (tertiary/aromatic N) is 1. The Hall–Kier alpha value is -1.86. The fourth-order valence-electron chi connectivity index (χ4n) is 2.01. The summed E-state index contributed by atoms with van der Waals surface area (Å²) in [4.78, 5) is 27.6. The van der Waals surface area contributed by atoms with E-state index < -0.39 is 6.04 Å². The molecule has 22 heavy (non-hydrogen) atoms. The average Bonchev–Trinajstić information content (AvgIpc) is 3.16. The number of carbonyl (C=O) groups is 2. The van der Waals surface area contributed by atoms with Crippen molar-refractivity contribution in [3.05, 3.63) is 44.8 Å². The number of thiophene rings is 2. The molecule has 0 aliphatic carbocycles. The molecule has 5 nitrogen and oxygen atoms in total. The molecule has 3 amide bonds. The molecule has 0 aromatic carbocycles. The molecule has 1 atom stereocenters. The third kappa shape index (κ3) is 4.08. The van der Waals surface area contributed by atoms with Gasteiger partial charge in [0.2, 0.25) is 5.91 Å². The van der Waals surface area contributed by atoms with Gasteiger partial charge in [-0.15, -0.1) is 22.7 Å². The predicted molar refractivity (Wildman–Crippen MR) is 90.3 cm³/mol. The van der Waals surface area contributed by atoms with E-state index in [0.717, 1.165) is 9.75 Å². The van der Waals surface area contributed by atoms with Crippen LogP contribution in [0.2, 0.25) is 0 Å². The van der Waals surface area contributed by atoms with Crippen molar-refractivity contribution < 1.29 is 9.59 Å². The highest BCUT2D eigenvalue weighted by atomic mass is 32.1. The number of hydrogen-bond acceptors (Lipinski definition) is 4. The van der Waals surface area contributed by atoms with Crippen LogP contribution in [0.3, 0.4) is 0 Å². The topological polar surface area (TPSA) is 61.4 Å². The molecule has 0 bridgehead atoms. The third-order valence-corrected chi connectivity index (χ3v) is 4.96. The zero-order valence-electron chi connectivity index (χ0n) is 12.7. The molecule has 0 radical (unpaired) electrons. The summed E-state index contributed by atoms with van der Waals surface area (Å²) < 4.78 is 0. The molecular formula is C15H19N3O2S2. The van der Waals surface area contributed by atoms with Crippen molar-refractivity contribution in [3.63, 3.8) is 0 Å². The van der Waals surface area contributed by atoms with E-state index in [2.05, 4.69) is 10.6 Å². The Balaban J connectivity index is 2.05. The number of amides is 3. The summed E-state index contributed by atoms with van der Waals surface area (Å²) in [7, 11) is 3.33. The maximum Gasteiger partial charge on any atom is 0.316 e. The SMILES string of the molecule is CC(NC(=O)NC(c1cccs1)c1cccs1)C(=O)N(C)C. The van der Waals surface area contributed by atoms with Gasteiger partial charge in [0.1, 0.15) is 6.04 Å². The van der Waals surface area contributed by atoms with Gasteiger partial charge in [-0.25, -0.2) is 4.79 Å². The van der Waals surface area contributed by atoms with Gasteiger partial charge < -0.3 is 15.5 Å². The maximum atomic E-state index is 12.2. The molecule has 2 aromatic heterocycles. The number of rotatable bonds is 5. The first kappa shape index (κ1) is 16.5. The Bertz CT molecular complexity index is 575. The van der Waals surface area contributed by atoms with E-state index in [1.54, 1.807) is 43.7 Å². The summed E-state index contributed by atoms with van der Waals surface area (Å²) in [6, 6.07) is 6.78. The molecule has 0 fully saturated rings. The lowest BCUT2D eigenvalue weighted by molar-refractivity contribution is -0.130. The van der Waals surface area contributed by atoms with Gasteiger partial charge in [0.25, 0.3) is 0 Å². The van der Waals surface area contributed by atoms with E-state index >= 15 is 0 Å². The highest BCUT2D eigenvalue weighted by Crippen LogP contribution is 2.28. The molecule has 2 aromatic rings. The summed E-state index contributed by atoms with van der Waals surface area (Å²) in [6.07, 6.45) is 0. The predicted octanol–water partition coefficient (Wildman–Crippen LogP) is 2.67. The van der Waals surface area contributed by atoms with Crippen molar-refractivity contribution in [2.45, 2.75) is 19.0 Å². The van der Waals surface area contributed by atoms with Gasteiger partial charge in [-0.1, -0.05) is 12.1 Å². The van der Waals surface area contributed by atoms with E-state index in [1.165, 1.54) is 4.90 Å². The molecule has 0 saturated carbocycles. The van der Waals surface area contributed by atoms with Crippen molar-refractivity contribution in [2.24, 2.45) is 0 Å². The van der Waals surface area contributed by atoms with Crippen molar-refractivity contribution in [1.29, 1.82) is 0 Å². The summed E-state index contributed by atoms with van der Waals surface area (Å²) in [6.45, 7) is 1.67. The molecule has 0 saturated heterocycles. The molecule has 1 unspecified atom stereocenters. The Morgan fingerprint density at radius 1 is 1.05 bits per heavy atom. The number of carbonyl (C=O) groups excluding carboxylic acids is 2. The second-order valence-corrected chi connectivity index (χ2v) is 6.99. The molecule has 118 valence electrons. The van der Waals surface area contributed by atoms with Gasteiger partial charge in [0, 0.05) is 23.8 Å².